The maximum Gasteiger partial charge on any atom is 0.408 e. The quantitative estimate of drug-likeness (QED) is 0.510. The van der Waals surface area contributed by atoms with Crippen LogP contribution in [0.2, 0.25) is 0 Å². The lowest BCUT2D eigenvalue weighted by Gasteiger charge is -2.35. The number of para-hydroxylation sites is 1. The Morgan fingerprint density at radius 1 is 1.06 bits per heavy atom. The number of nitrogens with zero attached hydrogens (tertiary/aromatic N) is 1. The predicted molar refractivity (Wildman–Crippen MR) is 139 cm³/mol. The molecule has 0 aliphatic heterocycles. The van der Waals surface area contributed by atoms with Gasteiger partial charge in [0.15, 0.2) is 0 Å². The van der Waals surface area contributed by atoms with Gasteiger partial charge in [0.05, 0.1) is 6.61 Å². The number of nitrogens with one attached hydrogen (secondary N) is 2. The third-order valence-electron chi connectivity index (χ3n) is 6.03. The molecular weight excluding hydrogens is 458 g/mol. The number of carbonyl (C=O) groups excluding carboxylic acids is 3. The Balaban J connectivity index is 2.00. The number of aliphatic hydroxyl groups excluding tert-OH is 1. The summed E-state index contributed by atoms with van der Waals surface area (Å²) in [6, 6.07) is 10.9. The zero-order valence-corrected chi connectivity index (χ0v) is 21.9. The normalized spacial score (nSPS) is 15.0. The van der Waals surface area contributed by atoms with E-state index in [0.717, 1.165) is 29.5 Å². The van der Waals surface area contributed by atoms with Gasteiger partial charge in [-0.15, -0.1) is 0 Å². The smallest absolute Gasteiger partial charge is 0.408 e. The lowest BCUT2D eigenvalue weighted by Crippen LogP contribution is -2.54. The topological polar surface area (TPSA) is 108 Å². The minimum absolute atomic E-state index is 0.181. The van der Waals surface area contributed by atoms with E-state index in [1.165, 1.54) is 4.90 Å². The van der Waals surface area contributed by atoms with Gasteiger partial charge in [0.2, 0.25) is 5.91 Å². The van der Waals surface area contributed by atoms with Gasteiger partial charge in [0.1, 0.15) is 17.7 Å². The summed E-state index contributed by atoms with van der Waals surface area (Å²) in [5.74, 6) is -0.885. The second-order valence-corrected chi connectivity index (χ2v) is 10.4. The van der Waals surface area contributed by atoms with Crippen LogP contribution in [0.3, 0.4) is 0 Å². The molecule has 3 N–H and O–H groups in total. The van der Waals surface area contributed by atoms with Crippen LogP contribution < -0.4 is 10.6 Å². The molecule has 0 aromatic heterocycles. The fourth-order valence-electron chi connectivity index (χ4n) is 4.07. The van der Waals surface area contributed by atoms with Crippen LogP contribution in [0.25, 0.3) is 0 Å². The van der Waals surface area contributed by atoms with E-state index in [0.29, 0.717) is 11.3 Å². The number of anilines is 1. The predicted octanol–water partition coefficient (Wildman–Crippen LogP) is 4.17. The molecule has 8 heteroatoms. The molecule has 1 aliphatic carbocycles. The third kappa shape index (κ3) is 6.85. The lowest BCUT2D eigenvalue weighted by atomic mass is 9.95. The summed E-state index contributed by atoms with van der Waals surface area (Å²) in [7, 11) is 0. The van der Waals surface area contributed by atoms with Crippen molar-refractivity contribution >= 4 is 23.6 Å². The summed E-state index contributed by atoms with van der Waals surface area (Å²) in [4.78, 5) is 41.6. The van der Waals surface area contributed by atoms with E-state index in [4.69, 9.17) is 4.74 Å². The number of amides is 3. The van der Waals surface area contributed by atoms with Crippen molar-refractivity contribution in [2.75, 3.05) is 11.9 Å². The van der Waals surface area contributed by atoms with E-state index >= 15 is 0 Å². The average molecular weight is 496 g/mol. The highest BCUT2D eigenvalue weighted by atomic mass is 16.6. The van der Waals surface area contributed by atoms with Crippen LogP contribution in [0.15, 0.2) is 42.5 Å². The highest BCUT2D eigenvalue weighted by Crippen LogP contribution is 2.37. The van der Waals surface area contributed by atoms with Crippen LogP contribution in [0.1, 0.15) is 61.9 Å². The molecule has 2 aromatic rings. The van der Waals surface area contributed by atoms with E-state index in [-0.39, 0.29) is 11.9 Å². The Kier molecular flexibility index (Phi) is 8.40. The molecule has 0 saturated heterocycles. The molecule has 8 nitrogen and oxygen atoms in total. The van der Waals surface area contributed by atoms with E-state index in [2.05, 4.69) is 10.6 Å². The number of carbonyl (C=O) groups is 3. The van der Waals surface area contributed by atoms with Crippen molar-refractivity contribution < 1.29 is 24.2 Å². The summed E-state index contributed by atoms with van der Waals surface area (Å²) in [5, 5.41) is 15.5. The molecule has 1 fully saturated rings. The number of aryl methyl sites for hydroxylation is 3. The first-order valence-corrected chi connectivity index (χ1v) is 12.3. The second kappa shape index (κ2) is 11.1. The van der Waals surface area contributed by atoms with Crippen LogP contribution in [-0.4, -0.2) is 52.2 Å². The molecule has 0 bridgehead atoms. The number of alkyl carbamates (subject to hydrolysis) is 1. The first-order valence-electron chi connectivity index (χ1n) is 12.3. The van der Waals surface area contributed by atoms with Gasteiger partial charge in [0.25, 0.3) is 5.91 Å². The van der Waals surface area contributed by atoms with Crippen LogP contribution >= 0.6 is 0 Å². The number of hydrogen-bond donors (Lipinski definition) is 3. The van der Waals surface area contributed by atoms with Crippen molar-refractivity contribution in [3.05, 3.63) is 64.7 Å². The van der Waals surface area contributed by atoms with Gasteiger partial charge in [-0.2, -0.15) is 0 Å². The molecule has 36 heavy (non-hydrogen) atoms. The first-order chi connectivity index (χ1) is 16.9. The van der Waals surface area contributed by atoms with Crippen molar-refractivity contribution in [2.45, 2.75) is 78.1 Å². The summed E-state index contributed by atoms with van der Waals surface area (Å²) in [6.45, 7) is 10.3. The summed E-state index contributed by atoms with van der Waals surface area (Å²) in [5.41, 5.74) is 3.32. The lowest BCUT2D eigenvalue weighted by molar-refractivity contribution is -0.142. The zero-order valence-electron chi connectivity index (χ0n) is 21.9. The molecule has 194 valence electrons. The van der Waals surface area contributed by atoms with Crippen LogP contribution in [-0.2, 0) is 14.3 Å². The molecule has 3 amide bonds. The Bertz CT molecular complexity index is 1120. The van der Waals surface area contributed by atoms with Crippen molar-refractivity contribution in [3.8, 4) is 0 Å². The highest BCUT2D eigenvalue weighted by molar-refractivity contribution is 5.99. The summed E-state index contributed by atoms with van der Waals surface area (Å²) in [6.07, 6.45) is 0.656. The van der Waals surface area contributed by atoms with Crippen molar-refractivity contribution in [1.82, 2.24) is 10.2 Å². The van der Waals surface area contributed by atoms with E-state index in [1.54, 1.807) is 20.8 Å². The molecule has 0 heterocycles. The van der Waals surface area contributed by atoms with Gasteiger partial charge < -0.3 is 25.4 Å². The summed E-state index contributed by atoms with van der Waals surface area (Å²) >= 11 is 0. The third-order valence-corrected chi connectivity index (χ3v) is 6.03. The van der Waals surface area contributed by atoms with Gasteiger partial charge >= 0.3 is 6.09 Å². The number of benzene rings is 2. The molecule has 2 unspecified atom stereocenters. The van der Waals surface area contributed by atoms with Crippen LogP contribution in [0.4, 0.5) is 10.5 Å². The van der Waals surface area contributed by atoms with Crippen molar-refractivity contribution in [1.29, 1.82) is 0 Å². The minimum Gasteiger partial charge on any atom is -0.444 e. The monoisotopic (exact) mass is 495 g/mol. The van der Waals surface area contributed by atoms with E-state index in [1.807, 2.05) is 63.2 Å². The van der Waals surface area contributed by atoms with Gasteiger partial charge in [-0.05, 0) is 77.1 Å². The van der Waals surface area contributed by atoms with Gasteiger partial charge in [0, 0.05) is 11.7 Å². The SMILES string of the molecule is Cc1ccc(C)c(C(C(=O)Nc2ccccc2C)N(C(=O)C(CO)NC(=O)OC(C)(C)C)C2CC2)c1. The average Bonchev–Trinajstić information content (AvgIpc) is 3.62. The van der Waals surface area contributed by atoms with Crippen molar-refractivity contribution in [2.24, 2.45) is 0 Å². The zero-order chi connectivity index (χ0) is 26.6. The molecule has 0 radical (unpaired) electrons. The summed E-state index contributed by atoms with van der Waals surface area (Å²) < 4.78 is 5.28. The Morgan fingerprint density at radius 3 is 2.31 bits per heavy atom. The Hall–Kier alpha value is -3.39. The number of hydrogen-bond acceptors (Lipinski definition) is 5. The van der Waals surface area contributed by atoms with E-state index in [9.17, 15) is 19.5 Å². The van der Waals surface area contributed by atoms with Gasteiger partial charge in [-0.25, -0.2) is 4.79 Å². The maximum absolute atomic E-state index is 13.8. The minimum atomic E-state index is -1.25. The molecule has 2 aromatic carbocycles. The van der Waals surface area contributed by atoms with Crippen LogP contribution in [0.5, 0.6) is 0 Å². The molecule has 1 aliphatic rings. The fraction of sp³-hybridized carbons (Fsp3) is 0.464. The fourth-order valence-corrected chi connectivity index (χ4v) is 4.07. The second-order valence-electron chi connectivity index (χ2n) is 10.4. The van der Waals surface area contributed by atoms with Crippen LogP contribution in [0, 0.1) is 20.8 Å². The van der Waals surface area contributed by atoms with Gasteiger partial charge in [-0.3, -0.25) is 9.59 Å². The molecule has 0 spiro atoms. The maximum atomic E-state index is 13.8. The van der Waals surface area contributed by atoms with Gasteiger partial charge in [-0.1, -0.05) is 42.0 Å². The Labute approximate surface area is 213 Å². The number of ether oxygens (including phenoxy) is 1. The largest absolute Gasteiger partial charge is 0.444 e. The molecule has 2 atom stereocenters. The molecule has 1 saturated carbocycles. The first kappa shape index (κ1) is 27.2. The standard InChI is InChI=1S/C28H37N3O5/c1-17-11-12-18(2)21(15-17)24(25(33)29-22-10-8-7-9-19(22)3)31(20-13-14-20)26(34)23(16-32)30-27(35)36-28(4,5)6/h7-12,15,20,23-24,32H,13-14,16H2,1-6H3,(H,29,33)(H,30,35). The number of rotatable bonds is 8. The van der Waals surface area contributed by atoms with E-state index < -0.39 is 36.3 Å². The Morgan fingerprint density at radius 2 is 1.72 bits per heavy atom. The van der Waals surface area contributed by atoms with Crippen molar-refractivity contribution in [3.63, 3.8) is 0 Å². The number of aliphatic hydroxyl groups is 1. The molecule has 3 rings (SSSR count). The molecular formula is C28H37N3O5. The highest BCUT2D eigenvalue weighted by Gasteiger charge is 2.44.